The van der Waals surface area contributed by atoms with Crippen LogP contribution in [-0.2, 0) is 24.2 Å². The van der Waals surface area contributed by atoms with Crippen LogP contribution in [-0.4, -0.2) is 44.0 Å². The number of nitrogens with zero attached hydrogens (tertiary/aromatic N) is 2. The van der Waals surface area contributed by atoms with E-state index in [1.807, 2.05) is 12.1 Å². The maximum atomic E-state index is 11.8. The normalized spacial score (nSPS) is 11.0. The van der Waals surface area contributed by atoms with Gasteiger partial charge >= 0.3 is 0 Å². The predicted molar refractivity (Wildman–Crippen MR) is 117 cm³/mol. The molecule has 0 aliphatic carbocycles. The molecule has 0 fully saturated rings. The van der Waals surface area contributed by atoms with Gasteiger partial charge in [0.2, 0.25) is 5.91 Å². The topological polar surface area (TPSA) is 69.9 Å². The van der Waals surface area contributed by atoms with E-state index in [9.17, 15) is 4.79 Å². The highest BCUT2D eigenvalue weighted by Crippen LogP contribution is 2.16. The first-order valence-electron chi connectivity index (χ1n) is 8.40. The van der Waals surface area contributed by atoms with Gasteiger partial charge in [-0.1, -0.05) is 6.92 Å². The number of carbonyl (C=O) groups excluding carboxylic acids is 1. The predicted octanol–water partition coefficient (Wildman–Crippen LogP) is 2.89. The molecule has 6 nitrogen and oxygen atoms in total. The molecular formula is C18H27IN4O2S. The van der Waals surface area contributed by atoms with Crippen molar-refractivity contribution in [2.24, 2.45) is 4.99 Å². The number of halogens is 1. The molecule has 0 spiro atoms. The number of hydrogen-bond donors (Lipinski definition) is 2. The first-order valence-corrected chi connectivity index (χ1v) is 9.22. The van der Waals surface area contributed by atoms with Crippen molar-refractivity contribution >= 4 is 47.2 Å². The van der Waals surface area contributed by atoms with Crippen molar-refractivity contribution in [2.45, 2.75) is 26.3 Å². The van der Waals surface area contributed by atoms with Crippen LogP contribution in [0.15, 0.2) is 39.9 Å². The van der Waals surface area contributed by atoms with Crippen molar-refractivity contribution in [3.63, 3.8) is 0 Å². The van der Waals surface area contributed by atoms with Crippen LogP contribution in [0.3, 0.4) is 0 Å². The van der Waals surface area contributed by atoms with Crippen LogP contribution < -0.4 is 10.6 Å². The van der Waals surface area contributed by atoms with Crippen molar-refractivity contribution < 1.29 is 9.21 Å². The molecule has 0 saturated carbocycles. The second kappa shape index (κ2) is 11.9. The molecule has 0 saturated heterocycles. The number of carbonyl (C=O) groups is 1. The van der Waals surface area contributed by atoms with Crippen LogP contribution in [0.2, 0.25) is 0 Å². The lowest BCUT2D eigenvalue weighted by Gasteiger charge is -2.13. The molecule has 0 bridgehead atoms. The summed E-state index contributed by atoms with van der Waals surface area (Å²) >= 11 is 1.79. The van der Waals surface area contributed by atoms with Gasteiger partial charge < -0.3 is 20.0 Å². The van der Waals surface area contributed by atoms with E-state index in [1.165, 1.54) is 14.7 Å². The minimum atomic E-state index is -0.0310. The lowest BCUT2D eigenvalue weighted by atomic mass is 10.3. The van der Waals surface area contributed by atoms with E-state index in [2.05, 4.69) is 34.7 Å². The fourth-order valence-electron chi connectivity index (χ4n) is 2.10. The lowest BCUT2D eigenvalue weighted by molar-refractivity contribution is -0.127. The lowest BCUT2D eigenvalue weighted by Crippen LogP contribution is -2.39. The Balaban J connectivity index is 0.00000338. The van der Waals surface area contributed by atoms with Crippen molar-refractivity contribution in [2.75, 3.05) is 27.2 Å². The third kappa shape index (κ3) is 7.77. The molecular weight excluding hydrogens is 463 g/mol. The molecule has 2 N–H and O–H groups in total. The molecule has 2 aromatic rings. The number of aliphatic imine (C=N–C) groups is 1. The highest BCUT2D eigenvalue weighted by Gasteiger charge is 2.06. The van der Waals surface area contributed by atoms with E-state index in [4.69, 9.17) is 4.42 Å². The molecule has 0 aliphatic heterocycles. The quantitative estimate of drug-likeness (QED) is 0.339. The zero-order valence-corrected chi connectivity index (χ0v) is 18.6. The minimum Gasteiger partial charge on any atom is -0.469 e. The summed E-state index contributed by atoms with van der Waals surface area (Å²) in [7, 11) is 3.46. The van der Waals surface area contributed by atoms with E-state index in [1.54, 1.807) is 31.7 Å². The second-order valence-electron chi connectivity index (χ2n) is 5.78. The summed E-state index contributed by atoms with van der Waals surface area (Å²) in [6.07, 6.45) is 3.47. The first kappa shape index (κ1) is 22.5. The Labute approximate surface area is 176 Å². The standard InChI is InChI=1S/C18H26N4O2S.HI/c1-4-15-7-8-16(25-15)12-20-18(21-13-17(23)22(2)3)19-10-9-14-6-5-11-24-14;/h5-8,11H,4,9-10,12-13H2,1-3H3,(H2,19,20,21);1H. The average molecular weight is 490 g/mol. The Morgan fingerprint density at radius 2 is 2.00 bits per heavy atom. The number of amides is 1. The largest absolute Gasteiger partial charge is 0.469 e. The summed E-state index contributed by atoms with van der Waals surface area (Å²) < 4.78 is 5.33. The minimum absolute atomic E-state index is 0. The molecule has 0 atom stereocenters. The summed E-state index contributed by atoms with van der Waals surface area (Å²) in [4.78, 5) is 20.3. The Kier molecular flexibility index (Phi) is 10.3. The number of hydrogen-bond acceptors (Lipinski definition) is 4. The molecule has 2 aromatic heterocycles. The number of furan rings is 1. The average Bonchev–Trinajstić information content (AvgIpc) is 3.27. The zero-order chi connectivity index (χ0) is 18.1. The number of rotatable bonds is 8. The van der Waals surface area contributed by atoms with Gasteiger partial charge in [0.1, 0.15) is 12.3 Å². The molecule has 0 radical (unpaired) electrons. The first-order chi connectivity index (χ1) is 12.1. The van der Waals surface area contributed by atoms with Crippen LogP contribution in [0.25, 0.3) is 0 Å². The summed E-state index contributed by atoms with van der Waals surface area (Å²) in [6.45, 7) is 3.64. The van der Waals surface area contributed by atoms with Crippen molar-refractivity contribution in [1.29, 1.82) is 0 Å². The monoisotopic (exact) mass is 490 g/mol. The third-order valence-electron chi connectivity index (χ3n) is 3.61. The third-order valence-corrected chi connectivity index (χ3v) is 4.84. The molecule has 144 valence electrons. The van der Waals surface area contributed by atoms with Gasteiger partial charge in [0.25, 0.3) is 0 Å². The van der Waals surface area contributed by atoms with E-state index < -0.39 is 0 Å². The Morgan fingerprint density at radius 1 is 1.23 bits per heavy atom. The van der Waals surface area contributed by atoms with Crippen LogP contribution in [0, 0.1) is 0 Å². The second-order valence-corrected chi connectivity index (χ2v) is 7.04. The van der Waals surface area contributed by atoms with E-state index in [-0.39, 0.29) is 36.4 Å². The van der Waals surface area contributed by atoms with Crippen LogP contribution in [0.1, 0.15) is 22.4 Å². The van der Waals surface area contributed by atoms with Gasteiger partial charge in [-0.15, -0.1) is 35.3 Å². The Morgan fingerprint density at radius 3 is 2.62 bits per heavy atom. The van der Waals surface area contributed by atoms with Crippen LogP contribution in [0.4, 0.5) is 0 Å². The number of aryl methyl sites for hydroxylation is 1. The smallest absolute Gasteiger partial charge is 0.243 e. The number of guanidine groups is 1. The summed E-state index contributed by atoms with van der Waals surface area (Å²) in [5, 5.41) is 6.55. The molecule has 1 amide bonds. The van der Waals surface area contributed by atoms with E-state index in [0.29, 0.717) is 19.0 Å². The summed E-state index contributed by atoms with van der Waals surface area (Å²) in [5.74, 6) is 1.52. The molecule has 26 heavy (non-hydrogen) atoms. The van der Waals surface area contributed by atoms with Gasteiger partial charge in [-0.3, -0.25) is 4.79 Å². The molecule has 0 aliphatic rings. The SMILES string of the molecule is CCc1ccc(CNC(=NCC(=O)N(C)C)NCCc2ccco2)s1.I. The van der Waals surface area contributed by atoms with Crippen LogP contribution >= 0.6 is 35.3 Å². The fraction of sp³-hybridized carbons (Fsp3) is 0.444. The van der Waals surface area contributed by atoms with Gasteiger partial charge in [0.05, 0.1) is 12.8 Å². The van der Waals surface area contributed by atoms with Crippen molar-refractivity contribution in [3.05, 3.63) is 46.0 Å². The molecule has 8 heteroatoms. The maximum Gasteiger partial charge on any atom is 0.243 e. The number of thiophene rings is 1. The van der Waals surface area contributed by atoms with Gasteiger partial charge in [-0.25, -0.2) is 4.99 Å². The van der Waals surface area contributed by atoms with Gasteiger partial charge in [0, 0.05) is 36.8 Å². The summed E-state index contributed by atoms with van der Waals surface area (Å²) in [5.41, 5.74) is 0. The molecule has 0 aromatic carbocycles. The number of likely N-dealkylation sites (N-methyl/N-ethyl adjacent to an activating group) is 1. The summed E-state index contributed by atoms with van der Waals surface area (Å²) in [6, 6.07) is 8.10. The molecule has 2 heterocycles. The van der Waals surface area contributed by atoms with Crippen molar-refractivity contribution in [3.8, 4) is 0 Å². The maximum absolute atomic E-state index is 11.8. The zero-order valence-electron chi connectivity index (χ0n) is 15.4. The Hall–Kier alpha value is -1.55. The highest BCUT2D eigenvalue weighted by atomic mass is 127. The van der Waals surface area contributed by atoms with Crippen LogP contribution in [0.5, 0.6) is 0 Å². The van der Waals surface area contributed by atoms with E-state index in [0.717, 1.165) is 18.6 Å². The molecule has 0 unspecified atom stereocenters. The Bertz CT molecular complexity index is 683. The van der Waals surface area contributed by atoms with Gasteiger partial charge in [-0.05, 0) is 30.7 Å². The van der Waals surface area contributed by atoms with E-state index >= 15 is 0 Å². The van der Waals surface area contributed by atoms with Gasteiger partial charge in [-0.2, -0.15) is 0 Å². The highest BCUT2D eigenvalue weighted by molar-refractivity contribution is 14.0. The molecule has 2 rings (SSSR count). The van der Waals surface area contributed by atoms with Gasteiger partial charge in [0.15, 0.2) is 5.96 Å². The van der Waals surface area contributed by atoms with Crippen molar-refractivity contribution in [1.82, 2.24) is 15.5 Å². The number of nitrogens with one attached hydrogen (secondary N) is 2. The fourth-order valence-corrected chi connectivity index (χ4v) is 3.00.